The highest BCUT2D eigenvalue weighted by molar-refractivity contribution is 9.17. The molecule has 0 spiro atoms. The first-order chi connectivity index (χ1) is 15.0. The molecule has 0 saturated heterocycles. The number of nitrogen functional groups attached to an aromatic ring is 1. The number of hydrogen-bond donors (Lipinski definition) is 2. The average Bonchev–Trinajstić information content (AvgIpc) is 2.75. The van der Waals surface area contributed by atoms with E-state index in [1.54, 1.807) is 0 Å². The monoisotopic (exact) mass is 514 g/mol. The van der Waals surface area contributed by atoms with Crippen LogP contribution in [0.5, 0.6) is 0 Å². The molecule has 1 rings (SSSR count). The summed E-state index contributed by atoms with van der Waals surface area (Å²) in [5.41, 5.74) is 7.92. The number of aliphatic imine (C=N–C) groups is 1. The van der Waals surface area contributed by atoms with Gasteiger partial charge in [0.25, 0.3) is 0 Å². The Kier molecular flexibility index (Phi) is 17.2. The Balaban J connectivity index is 0.00000436. The Hall–Kier alpha value is -1.50. The van der Waals surface area contributed by atoms with Gasteiger partial charge in [0.2, 0.25) is 5.95 Å². The Morgan fingerprint density at radius 2 is 2.03 bits per heavy atom. The Morgan fingerprint density at radius 1 is 1.32 bits per heavy atom. The number of nitrogens with zero attached hydrogens (tertiary/aromatic N) is 4. The van der Waals surface area contributed by atoms with Crippen molar-refractivity contribution in [1.29, 1.82) is 0 Å². The zero-order valence-corrected chi connectivity index (χ0v) is 22.6. The van der Waals surface area contributed by atoms with Gasteiger partial charge in [0.1, 0.15) is 5.69 Å². The molecule has 0 aliphatic heterocycles. The Morgan fingerprint density at radius 3 is 2.61 bits per heavy atom. The van der Waals surface area contributed by atoms with Crippen LogP contribution in [0.4, 0.5) is 23.3 Å². The first-order valence-electron chi connectivity index (χ1n) is 10.9. The predicted molar refractivity (Wildman–Crippen MR) is 144 cm³/mol. The molecule has 31 heavy (non-hydrogen) atoms. The second-order valence-corrected chi connectivity index (χ2v) is 8.76. The number of unbranched alkanes of at least 4 members (excludes halogenated alkanes) is 1. The van der Waals surface area contributed by atoms with E-state index in [0.29, 0.717) is 29.8 Å². The summed E-state index contributed by atoms with van der Waals surface area (Å²) in [4.78, 5) is 15.4. The number of rotatable bonds is 13. The van der Waals surface area contributed by atoms with E-state index in [9.17, 15) is 0 Å². The number of allylic oxidation sites excluding steroid dienone is 2. The van der Waals surface area contributed by atoms with Gasteiger partial charge >= 0.3 is 0 Å². The standard InChI is InChI=1S/C20H34BrN6OP.C2H6/c1-6-9-12-23-20-25-18(22)17(24-15-21)19(26-20)27(4)14-16(10-7-2)11-13-29(5)28-8-3;1-2/h7,10-11,15H,6,8-9,12-14H2,1-5H3,(H3,22,23,25,26);1-2H3/b10-7-,16-11+,24-15?;. The SMILES string of the molecule is C/C=C\C(=C/CP(C)OCC)CN(C)c1nc(NCCCC)nc(N)c1N=CBr.CC. The molecular weight excluding hydrogens is 475 g/mol. The molecule has 0 amide bonds. The van der Waals surface area contributed by atoms with E-state index in [-0.39, 0.29) is 0 Å². The normalized spacial score (nSPS) is 12.7. The van der Waals surface area contributed by atoms with Gasteiger partial charge in [0.05, 0.1) is 5.12 Å². The molecule has 0 aromatic carbocycles. The van der Waals surface area contributed by atoms with Crippen LogP contribution in [0.25, 0.3) is 0 Å². The van der Waals surface area contributed by atoms with E-state index in [1.165, 1.54) is 10.7 Å². The highest BCUT2D eigenvalue weighted by atomic mass is 79.9. The second kappa shape index (κ2) is 18.1. The quantitative estimate of drug-likeness (QED) is 0.138. The summed E-state index contributed by atoms with van der Waals surface area (Å²) in [6, 6.07) is 0. The van der Waals surface area contributed by atoms with Crippen molar-refractivity contribution < 1.29 is 4.52 Å². The van der Waals surface area contributed by atoms with Crippen LogP contribution in [-0.4, -0.2) is 54.7 Å². The molecule has 0 bridgehead atoms. The molecule has 0 radical (unpaired) electrons. The number of hydrogen-bond acceptors (Lipinski definition) is 7. The third kappa shape index (κ3) is 11.6. The van der Waals surface area contributed by atoms with Crippen LogP contribution in [-0.2, 0) is 4.52 Å². The van der Waals surface area contributed by atoms with E-state index in [2.05, 4.69) is 61.9 Å². The fourth-order valence-electron chi connectivity index (χ4n) is 2.62. The number of aromatic nitrogens is 2. The van der Waals surface area contributed by atoms with Crippen LogP contribution in [0.1, 0.15) is 47.5 Å². The number of anilines is 3. The summed E-state index contributed by atoms with van der Waals surface area (Å²) in [5, 5.41) is 4.78. The van der Waals surface area contributed by atoms with Gasteiger partial charge in [-0.15, -0.1) is 0 Å². The maximum absolute atomic E-state index is 6.18. The molecule has 1 unspecified atom stereocenters. The maximum Gasteiger partial charge on any atom is 0.226 e. The van der Waals surface area contributed by atoms with Crippen molar-refractivity contribution in [2.75, 3.05) is 55.5 Å². The molecule has 9 heteroatoms. The fourth-order valence-corrected chi connectivity index (χ4v) is 3.86. The minimum Gasteiger partial charge on any atom is -0.382 e. The molecule has 1 heterocycles. The number of likely N-dealkylation sites (N-methyl/N-ethyl adjacent to an activating group) is 1. The van der Waals surface area contributed by atoms with Gasteiger partial charge in [-0.1, -0.05) is 45.4 Å². The lowest BCUT2D eigenvalue weighted by Crippen LogP contribution is -2.22. The van der Waals surface area contributed by atoms with Crippen molar-refractivity contribution >= 4 is 52.5 Å². The predicted octanol–water partition coefficient (Wildman–Crippen LogP) is 6.35. The molecular formula is C22H40BrN6OP. The summed E-state index contributed by atoms with van der Waals surface area (Å²) in [6.45, 7) is 14.6. The highest BCUT2D eigenvalue weighted by Crippen LogP contribution is 2.34. The summed E-state index contributed by atoms with van der Waals surface area (Å²) < 4.78 is 5.70. The first-order valence-corrected chi connectivity index (χ1v) is 13.7. The highest BCUT2D eigenvalue weighted by Gasteiger charge is 2.16. The van der Waals surface area contributed by atoms with Gasteiger partial charge in [-0.3, -0.25) is 0 Å². The maximum atomic E-state index is 6.18. The number of nitrogens with one attached hydrogen (secondary N) is 1. The molecule has 0 saturated carbocycles. The zero-order valence-electron chi connectivity index (χ0n) is 20.2. The van der Waals surface area contributed by atoms with Gasteiger partial charge < -0.3 is 20.5 Å². The lowest BCUT2D eigenvalue weighted by Gasteiger charge is -2.22. The number of halogens is 1. The van der Waals surface area contributed by atoms with E-state index in [4.69, 9.17) is 10.3 Å². The van der Waals surface area contributed by atoms with E-state index < -0.39 is 8.15 Å². The van der Waals surface area contributed by atoms with Crippen LogP contribution in [0, 0.1) is 0 Å². The van der Waals surface area contributed by atoms with Gasteiger partial charge in [-0.2, -0.15) is 9.97 Å². The molecule has 1 aromatic rings. The molecule has 1 aromatic heterocycles. The van der Waals surface area contributed by atoms with E-state index in [1.807, 2.05) is 45.7 Å². The summed E-state index contributed by atoms with van der Waals surface area (Å²) in [7, 11) is 1.54. The summed E-state index contributed by atoms with van der Waals surface area (Å²) in [5.74, 6) is 1.56. The van der Waals surface area contributed by atoms with Crippen molar-refractivity contribution in [3.8, 4) is 0 Å². The van der Waals surface area contributed by atoms with Crippen molar-refractivity contribution in [3.63, 3.8) is 0 Å². The van der Waals surface area contributed by atoms with Gasteiger partial charge in [0, 0.05) is 41.1 Å². The smallest absolute Gasteiger partial charge is 0.226 e. The average molecular weight is 515 g/mol. The second-order valence-electron chi connectivity index (χ2n) is 6.48. The first kappa shape index (κ1) is 29.5. The molecule has 0 aliphatic carbocycles. The molecule has 1 atom stereocenters. The van der Waals surface area contributed by atoms with Crippen LogP contribution in [0.2, 0.25) is 0 Å². The zero-order chi connectivity index (χ0) is 23.6. The summed E-state index contributed by atoms with van der Waals surface area (Å²) >= 11 is 3.23. The Bertz CT molecular complexity index is 711. The topological polar surface area (TPSA) is 88.7 Å². The number of nitrogens with two attached hydrogens (primary N) is 1. The summed E-state index contributed by atoms with van der Waals surface area (Å²) in [6.07, 6.45) is 9.45. The van der Waals surface area contributed by atoms with Crippen molar-refractivity contribution in [2.24, 2.45) is 4.99 Å². The van der Waals surface area contributed by atoms with E-state index >= 15 is 0 Å². The van der Waals surface area contributed by atoms with Gasteiger partial charge in [-0.25, -0.2) is 4.99 Å². The van der Waals surface area contributed by atoms with Gasteiger partial charge in [0.15, 0.2) is 11.6 Å². The van der Waals surface area contributed by atoms with Crippen molar-refractivity contribution in [2.45, 2.75) is 47.5 Å². The molecule has 176 valence electrons. The molecule has 7 nitrogen and oxygen atoms in total. The van der Waals surface area contributed by atoms with Gasteiger partial charge in [-0.05, 0) is 48.4 Å². The van der Waals surface area contributed by atoms with Crippen molar-refractivity contribution in [3.05, 3.63) is 23.8 Å². The molecule has 0 fully saturated rings. The minimum atomic E-state index is -0.448. The van der Waals surface area contributed by atoms with Crippen LogP contribution in [0.3, 0.4) is 0 Å². The molecule has 0 aliphatic rings. The fraction of sp³-hybridized carbons (Fsp3) is 0.591. The third-order valence-corrected chi connectivity index (χ3v) is 5.61. The molecule has 3 N–H and O–H groups in total. The minimum absolute atomic E-state index is 0.349. The lowest BCUT2D eigenvalue weighted by atomic mass is 10.2. The van der Waals surface area contributed by atoms with Crippen LogP contribution < -0.4 is 16.0 Å². The lowest BCUT2D eigenvalue weighted by molar-refractivity contribution is 0.382. The van der Waals surface area contributed by atoms with Crippen LogP contribution in [0.15, 0.2) is 28.8 Å². The largest absolute Gasteiger partial charge is 0.382 e. The third-order valence-electron chi connectivity index (χ3n) is 4.01. The van der Waals surface area contributed by atoms with E-state index in [0.717, 1.165) is 32.2 Å². The van der Waals surface area contributed by atoms with Crippen LogP contribution >= 0.6 is 24.1 Å². The Labute approximate surface area is 198 Å². The van der Waals surface area contributed by atoms with Crippen molar-refractivity contribution in [1.82, 2.24) is 9.97 Å².